The van der Waals surface area contributed by atoms with Crippen molar-refractivity contribution in [1.29, 1.82) is 0 Å². The van der Waals surface area contributed by atoms with Crippen LogP contribution in [0.4, 0.5) is 0 Å². The van der Waals surface area contributed by atoms with E-state index in [0.29, 0.717) is 13.0 Å². The molecule has 0 radical (unpaired) electrons. The van der Waals surface area contributed by atoms with Crippen molar-refractivity contribution in [2.45, 2.75) is 89.8 Å². The summed E-state index contributed by atoms with van der Waals surface area (Å²) in [5.41, 5.74) is -0.353. The molecule has 2 fully saturated rings. The monoisotopic (exact) mass is 344 g/mol. The smallest absolute Gasteiger partial charge is 0.257 e. The van der Waals surface area contributed by atoms with E-state index in [1.807, 2.05) is 36.9 Å². The van der Waals surface area contributed by atoms with Gasteiger partial charge in [-0.2, -0.15) is 0 Å². The van der Waals surface area contributed by atoms with E-state index in [1.165, 1.54) is 0 Å². The SMILES string of the molecule is CCC1(C)OC2(CC(C)(C)NC(C)(C)C2)N(Cc2ccccc2)C1=O. The van der Waals surface area contributed by atoms with Crippen molar-refractivity contribution in [1.82, 2.24) is 10.2 Å². The van der Waals surface area contributed by atoms with Crippen LogP contribution < -0.4 is 5.32 Å². The molecular formula is C21H32N2O2. The number of ether oxygens (including phenoxy) is 1. The lowest BCUT2D eigenvalue weighted by Crippen LogP contribution is -2.67. The van der Waals surface area contributed by atoms with E-state index in [2.05, 4.69) is 45.1 Å². The van der Waals surface area contributed by atoms with Crippen LogP contribution in [0.5, 0.6) is 0 Å². The summed E-state index contributed by atoms with van der Waals surface area (Å²) in [4.78, 5) is 15.3. The van der Waals surface area contributed by atoms with Gasteiger partial charge in [0.15, 0.2) is 0 Å². The van der Waals surface area contributed by atoms with E-state index in [0.717, 1.165) is 18.4 Å². The number of benzene rings is 1. The number of hydrogen-bond acceptors (Lipinski definition) is 3. The standard InChI is InChI=1S/C21H32N2O2/c1-7-20(6)17(24)23(13-16-11-9-8-10-12-16)21(25-20)14-18(2,3)22-19(4,5)15-21/h8-12,22H,7,13-15H2,1-6H3. The van der Waals surface area contributed by atoms with Crippen molar-refractivity contribution in [2.24, 2.45) is 0 Å². The molecule has 1 spiro atoms. The van der Waals surface area contributed by atoms with E-state index in [1.54, 1.807) is 0 Å². The summed E-state index contributed by atoms with van der Waals surface area (Å²) in [6.07, 6.45) is 2.27. The second-order valence-corrected chi connectivity index (χ2v) is 9.26. The fraction of sp³-hybridized carbons (Fsp3) is 0.667. The Balaban J connectivity index is 2.03. The van der Waals surface area contributed by atoms with E-state index >= 15 is 0 Å². The van der Waals surface area contributed by atoms with Crippen LogP contribution in [-0.4, -0.2) is 33.2 Å². The fourth-order valence-corrected chi connectivity index (χ4v) is 4.90. The minimum atomic E-state index is -0.738. The van der Waals surface area contributed by atoms with Gasteiger partial charge in [0.25, 0.3) is 5.91 Å². The average molecular weight is 344 g/mol. The third-order valence-electron chi connectivity index (χ3n) is 5.58. The lowest BCUT2D eigenvalue weighted by atomic mass is 9.76. The Labute approximate surface area is 151 Å². The van der Waals surface area contributed by atoms with Crippen LogP contribution in [0, 0.1) is 0 Å². The highest BCUT2D eigenvalue weighted by atomic mass is 16.6. The molecule has 1 N–H and O–H groups in total. The molecule has 138 valence electrons. The maximum Gasteiger partial charge on any atom is 0.257 e. The molecule has 1 aromatic rings. The number of hydrogen-bond donors (Lipinski definition) is 1. The number of carbonyl (C=O) groups excluding carboxylic acids is 1. The molecule has 2 aliphatic heterocycles. The van der Waals surface area contributed by atoms with Gasteiger partial charge >= 0.3 is 0 Å². The molecule has 25 heavy (non-hydrogen) atoms. The van der Waals surface area contributed by atoms with Crippen molar-refractivity contribution >= 4 is 5.91 Å². The molecule has 1 aromatic carbocycles. The quantitative estimate of drug-likeness (QED) is 0.905. The molecule has 4 heteroatoms. The Morgan fingerprint density at radius 1 is 1.04 bits per heavy atom. The van der Waals surface area contributed by atoms with Crippen molar-refractivity contribution in [3.8, 4) is 0 Å². The molecule has 0 aromatic heterocycles. The Kier molecular flexibility index (Phi) is 4.28. The Hall–Kier alpha value is -1.39. The maximum absolute atomic E-state index is 13.3. The first-order valence-electron chi connectivity index (χ1n) is 9.36. The van der Waals surface area contributed by atoms with Crippen molar-refractivity contribution in [2.75, 3.05) is 0 Å². The number of nitrogens with zero attached hydrogens (tertiary/aromatic N) is 1. The van der Waals surface area contributed by atoms with Gasteiger partial charge < -0.3 is 15.0 Å². The number of nitrogens with one attached hydrogen (secondary N) is 1. The molecule has 0 aliphatic carbocycles. The summed E-state index contributed by atoms with van der Waals surface area (Å²) < 4.78 is 6.63. The second kappa shape index (κ2) is 5.82. The highest BCUT2D eigenvalue weighted by Gasteiger charge is 2.62. The largest absolute Gasteiger partial charge is 0.339 e. The first-order chi connectivity index (χ1) is 11.5. The molecule has 1 atom stereocenters. The van der Waals surface area contributed by atoms with Gasteiger partial charge in [0.05, 0.1) is 0 Å². The normalized spacial score (nSPS) is 30.0. The minimum Gasteiger partial charge on any atom is -0.339 e. The number of piperidine rings is 1. The topological polar surface area (TPSA) is 41.6 Å². The molecule has 3 rings (SSSR count). The highest BCUT2D eigenvalue weighted by molar-refractivity contribution is 5.87. The summed E-state index contributed by atoms with van der Waals surface area (Å²) in [5.74, 6) is 0.118. The van der Waals surface area contributed by atoms with E-state index in [9.17, 15) is 4.79 Å². The summed E-state index contributed by atoms with van der Waals surface area (Å²) in [5, 5.41) is 3.71. The molecule has 1 unspecified atom stereocenters. The van der Waals surface area contributed by atoms with Gasteiger partial charge in [0.1, 0.15) is 11.3 Å². The van der Waals surface area contributed by atoms with Crippen molar-refractivity contribution in [3.63, 3.8) is 0 Å². The predicted octanol–water partition coefficient (Wildman–Crippen LogP) is 3.85. The zero-order valence-corrected chi connectivity index (χ0v) is 16.5. The van der Waals surface area contributed by atoms with Crippen LogP contribution in [0.2, 0.25) is 0 Å². The summed E-state index contributed by atoms with van der Waals surface area (Å²) in [6, 6.07) is 10.2. The summed E-state index contributed by atoms with van der Waals surface area (Å²) in [7, 11) is 0. The Morgan fingerprint density at radius 3 is 2.12 bits per heavy atom. The van der Waals surface area contributed by atoms with Gasteiger partial charge in [-0.05, 0) is 46.6 Å². The van der Waals surface area contributed by atoms with Crippen molar-refractivity contribution < 1.29 is 9.53 Å². The van der Waals surface area contributed by atoms with Gasteiger partial charge in [0, 0.05) is 30.5 Å². The first kappa shape index (κ1) is 18.4. The fourth-order valence-electron chi connectivity index (χ4n) is 4.90. The molecular weight excluding hydrogens is 312 g/mol. The van der Waals surface area contributed by atoms with Gasteiger partial charge in [-0.3, -0.25) is 4.79 Å². The molecule has 1 amide bonds. The average Bonchev–Trinajstić information content (AvgIpc) is 2.67. The zero-order valence-electron chi connectivity index (χ0n) is 16.5. The van der Waals surface area contributed by atoms with Crippen LogP contribution >= 0.6 is 0 Å². The van der Waals surface area contributed by atoms with Crippen LogP contribution in [0.1, 0.15) is 66.4 Å². The van der Waals surface area contributed by atoms with Crippen LogP contribution in [-0.2, 0) is 16.1 Å². The predicted molar refractivity (Wildman–Crippen MR) is 100 cm³/mol. The van der Waals surface area contributed by atoms with Gasteiger partial charge in [-0.25, -0.2) is 0 Å². The maximum atomic E-state index is 13.3. The van der Waals surface area contributed by atoms with Gasteiger partial charge in [0.2, 0.25) is 0 Å². The molecule has 2 heterocycles. The summed E-state index contributed by atoms with van der Waals surface area (Å²) in [6.45, 7) is 13.4. The van der Waals surface area contributed by atoms with E-state index in [-0.39, 0.29) is 17.0 Å². The molecule has 0 bridgehead atoms. The third-order valence-corrected chi connectivity index (χ3v) is 5.58. The zero-order chi connectivity index (χ0) is 18.5. The van der Waals surface area contributed by atoms with E-state index < -0.39 is 11.3 Å². The number of rotatable bonds is 3. The van der Waals surface area contributed by atoms with Crippen molar-refractivity contribution in [3.05, 3.63) is 35.9 Å². The lowest BCUT2D eigenvalue weighted by Gasteiger charge is -2.53. The van der Waals surface area contributed by atoms with E-state index in [4.69, 9.17) is 4.74 Å². The molecule has 2 aliphatic rings. The second-order valence-electron chi connectivity index (χ2n) is 9.26. The third kappa shape index (κ3) is 3.34. The molecule has 2 saturated heterocycles. The van der Waals surface area contributed by atoms with Gasteiger partial charge in [-0.1, -0.05) is 37.3 Å². The molecule has 0 saturated carbocycles. The number of amides is 1. The minimum absolute atomic E-state index is 0.101. The number of carbonyl (C=O) groups is 1. The first-order valence-corrected chi connectivity index (χ1v) is 9.36. The van der Waals surface area contributed by atoms with Crippen LogP contribution in [0.25, 0.3) is 0 Å². The summed E-state index contributed by atoms with van der Waals surface area (Å²) >= 11 is 0. The van der Waals surface area contributed by atoms with Crippen LogP contribution in [0.3, 0.4) is 0 Å². The molecule has 4 nitrogen and oxygen atoms in total. The van der Waals surface area contributed by atoms with Crippen LogP contribution in [0.15, 0.2) is 30.3 Å². The lowest BCUT2D eigenvalue weighted by molar-refractivity contribution is -0.183. The Bertz CT molecular complexity index is 637. The Morgan fingerprint density at radius 2 is 1.60 bits per heavy atom. The van der Waals surface area contributed by atoms with Gasteiger partial charge in [-0.15, -0.1) is 0 Å². The highest BCUT2D eigenvalue weighted by Crippen LogP contribution is 2.49.